The molecule has 0 saturated carbocycles. The number of carboxylic acids is 1. The van der Waals surface area contributed by atoms with Crippen molar-refractivity contribution in [1.29, 1.82) is 0 Å². The fraction of sp³-hybridized carbons (Fsp3) is 0.318. The van der Waals surface area contributed by atoms with Crippen LogP contribution in [0.15, 0.2) is 65.6 Å². The van der Waals surface area contributed by atoms with Crippen molar-refractivity contribution >= 4 is 78.3 Å². The van der Waals surface area contributed by atoms with Gasteiger partial charge in [-0.1, -0.05) is 67.2 Å². The van der Waals surface area contributed by atoms with Crippen molar-refractivity contribution in [2.45, 2.75) is 29.5 Å². The number of nitrogens with zero attached hydrogens (tertiary/aromatic N) is 1. The van der Waals surface area contributed by atoms with Crippen LogP contribution in [0, 0.1) is 5.92 Å². The molecule has 1 aliphatic rings. The molecule has 0 aromatic heterocycles. The van der Waals surface area contributed by atoms with Gasteiger partial charge in [0.25, 0.3) is 0 Å². The van der Waals surface area contributed by atoms with Gasteiger partial charge in [0.1, 0.15) is 6.04 Å². The van der Waals surface area contributed by atoms with E-state index >= 15 is 0 Å². The maximum absolute atomic E-state index is 12.9. The summed E-state index contributed by atoms with van der Waals surface area (Å²) in [6.45, 7) is 2.15. The molecule has 1 aliphatic heterocycles. The third-order valence-corrected chi connectivity index (χ3v) is 7.16. The minimum absolute atomic E-state index is 0. The first-order chi connectivity index (χ1) is 14.0. The standard InChI is InChI=1S/C22H23NO4S2.Ca.2H/c1-15(14-28-22(27)16-8-4-2-5-9-16)20(24)23-13-18(12-19(23)21(25)26)29-17-10-6-3-7-11-17;;;/h2-11,15,18-19H,12-14H2,1H3,(H,25,26);;;/t15-,18+,19-;;;/m1.../s1. The zero-order valence-electron chi connectivity index (χ0n) is 16.1. The Bertz CT molecular complexity index is 866. The number of carbonyl (C=O) groups is 3. The fourth-order valence-electron chi connectivity index (χ4n) is 3.26. The van der Waals surface area contributed by atoms with Gasteiger partial charge in [-0.15, -0.1) is 11.8 Å². The molecule has 5 nitrogen and oxygen atoms in total. The fourth-order valence-corrected chi connectivity index (χ4v) is 5.32. The van der Waals surface area contributed by atoms with E-state index in [2.05, 4.69) is 0 Å². The molecule has 0 unspecified atom stereocenters. The molecular formula is C22H25CaNO4S2. The van der Waals surface area contributed by atoms with Crippen molar-refractivity contribution in [3.63, 3.8) is 0 Å². The Labute approximate surface area is 215 Å². The van der Waals surface area contributed by atoms with Gasteiger partial charge in [0.05, 0.1) is 0 Å². The zero-order valence-corrected chi connectivity index (χ0v) is 17.7. The Balaban J connectivity index is 0.00000320. The number of carboxylic acid groups (broad SMARTS) is 1. The second-order valence-electron chi connectivity index (χ2n) is 7.00. The van der Waals surface area contributed by atoms with Crippen molar-refractivity contribution in [1.82, 2.24) is 4.90 Å². The summed E-state index contributed by atoms with van der Waals surface area (Å²) in [5, 5.41) is 9.55. The number of hydrogen-bond acceptors (Lipinski definition) is 5. The quantitative estimate of drug-likeness (QED) is 0.626. The SMILES string of the molecule is C[C@H](CSC(=O)c1ccccc1)C(=O)N1C[C@@H](Sc2ccccc2)C[C@@H]1C(=O)O.[CaH2]. The molecule has 3 atom stereocenters. The van der Waals surface area contributed by atoms with Gasteiger partial charge in [-0.25, -0.2) is 4.79 Å². The summed E-state index contributed by atoms with van der Waals surface area (Å²) in [7, 11) is 0. The molecule has 1 heterocycles. The number of carbonyl (C=O) groups excluding carboxylic acids is 2. The number of benzene rings is 2. The number of likely N-dealkylation sites (tertiary alicyclic amines) is 1. The number of rotatable bonds is 7. The zero-order chi connectivity index (χ0) is 20.8. The van der Waals surface area contributed by atoms with Gasteiger partial charge in [-0.05, 0) is 18.6 Å². The van der Waals surface area contributed by atoms with Gasteiger partial charge < -0.3 is 10.0 Å². The first-order valence-corrected chi connectivity index (χ1v) is 11.3. The first kappa shape index (κ1) is 25.3. The summed E-state index contributed by atoms with van der Waals surface area (Å²) in [6.07, 6.45) is 0.420. The Morgan fingerprint density at radius 2 is 1.67 bits per heavy atom. The van der Waals surface area contributed by atoms with E-state index in [1.165, 1.54) is 4.90 Å². The van der Waals surface area contributed by atoms with Gasteiger partial charge >= 0.3 is 43.7 Å². The molecule has 3 rings (SSSR count). The molecule has 2 aromatic carbocycles. The molecule has 1 fully saturated rings. The van der Waals surface area contributed by atoms with E-state index in [-0.39, 0.29) is 54.0 Å². The van der Waals surface area contributed by atoms with Crippen LogP contribution in [-0.2, 0) is 9.59 Å². The molecular weight excluding hydrogens is 446 g/mol. The van der Waals surface area contributed by atoms with Gasteiger partial charge in [0, 0.05) is 33.9 Å². The Morgan fingerprint density at radius 1 is 1.07 bits per heavy atom. The molecule has 0 radical (unpaired) electrons. The second-order valence-corrected chi connectivity index (χ2v) is 9.37. The number of aliphatic carboxylic acids is 1. The summed E-state index contributed by atoms with van der Waals surface area (Å²) in [5.74, 6) is -1.29. The summed E-state index contributed by atoms with van der Waals surface area (Å²) in [6, 6.07) is 17.9. The van der Waals surface area contributed by atoms with Gasteiger partial charge in [-0.2, -0.15) is 0 Å². The summed E-state index contributed by atoms with van der Waals surface area (Å²) in [5.41, 5.74) is 0.598. The minimum atomic E-state index is -0.977. The van der Waals surface area contributed by atoms with Crippen molar-refractivity contribution in [2.24, 2.45) is 5.92 Å². The van der Waals surface area contributed by atoms with Crippen molar-refractivity contribution < 1.29 is 19.5 Å². The molecule has 30 heavy (non-hydrogen) atoms. The van der Waals surface area contributed by atoms with Crippen LogP contribution in [0.5, 0.6) is 0 Å². The predicted octanol–water partition coefficient (Wildman–Crippen LogP) is 3.13. The molecule has 1 amide bonds. The van der Waals surface area contributed by atoms with E-state index in [1.54, 1.807) is 43.0 Å². The molecule has 0 bridgehead atoms. The second kappa shape index (κ2) is 12.1. The first-order valence-electron chi connectivity index (χ1n) is 9.43. The van der Waals surface area contributed by atoms with Crippen LogP contribution in [0.2, 0.25) is 0 Å². The number of thioether (sulfide) groups is 2. The van der Waals surface area contributed by atoms with Crippen LogP contribution < -0.4 is 0 Å². The summed E-state index contributed by atoms with van der Waals surface area (Å²) in [4.78, 5) is 39.5. The van der Waals surface area contributed by atoms with Crippen LogP contribution in [0.3, 0.4) is 0 Å². The van der Waals surface area contributed by atoms with Crippen LogP contribution in [0.1, 0.15) is 23.7 Å². The molecule has 1 N–H and O–H groups in total. The summed E-state index contributed by atoms with van der Waals surface area (Å²) >= 11 is 2.70. The molecule has 0 spiro atoms. The average molecular weight is 472 g/mol. The number of hydrogen-bond donors (Lipinski definition) is 1. The van der Waals surface area contributed by atoms with Crippen LogP contribution in [-0.4, -0.2) is 88.3 Å². The monoisotopic (exact) mass is 471 g/mol. The van der Waals surface area contributed by atoms with Crippen LogP contribution in [0.4, 0.5) is 0 Å². The van der Waals surface area contributed by atoms with E-state index in [1.807, 2.05) is 36.4 Å². The predicted molar refractivity (Wildman–Crippen MR) is 125 cm³/mol. The van der Waals surface area contributed by atoms with E-state index in [9.17, 15) is 19.5 Å². The topological polar surface area (TPSA) is 74.7 Å². The molecule has 8 heteroatoms. The Kier molecular flexibility index (Phi) is 10.2. The van der Waals surface area contributed by atoms with Crippen LogP contribution >= 0.6 is 23.5 Å². The normalized spacial score (nSPS) is 19.0. The van der Waals surface area contributed by atoms with E-state index in [4.69, 9.17) is 0 Å². The molecule has 0 aliphatic carbocycles. The van der Waals surface area contributed by atoms with Crippen molar-refractivity contribution in [2.75, 3.05) is 12.3 Å². The van der Waals surface area contributed by atoms with E-state index < -0.39 is 17.9 Å². The van der Waals surface area contributed by atoms with Gasteiger partial charge in [0.2, 0.25) is 11.0 Å². The Hall–Kier alpha value is -0.990. The molecule has 1 saturated heterocycles. The average Bonchev–Trinajstić information content (AvgIpc) is 3.16. The third kappa shape index (κ3) is 6.75. The van der Waals surface area contributed by atoms with Gasteiger partial charge in [-0.3, -0.25) is 9.59 Å². The van der Waals surface area contributed by atoms with Gasteiger partial charge in [0.15, 0.2) is 0 Å². The van der Waals surface area contributed by atoms with E-state index in [0.717, 1.165) is 16.7 Å². The molecule has 2 aromatic rings. The summed E-state index contributed by atoms with van der Waals surface area (Å²) < 4.78 is 0. The van der Waals surface area contributed by atoms with Crippen molar-refractivity contribution in [3.8, 4) is 0 Å². The van der Waals surface area contributed by atoms with Crippen molar-refractivity contribution in [3.05, 3.63) is 66.2 Å². The Morgan fingerprint density at radius 3 is 2.27 bits per heavy atom. The van der Waals surface area contributed by atoms with Crippen LogP contribution in [0.25, 0.3) is 0 Å². The third-order valence-electron chi connectivity index (χ3n) is 4.77. The number of amides is 1. The van der Waals surface area contributed by atoms with E-state index in [0.29, 0.717) is 24.3 Å². The molecule has 156 valence electrons. The maximum atomic E-state index is 12.9.